The van der Waals surface area contributed by atoms with Crippen LogP contribution in [-0.2, 0) is 0 Å². The largest absolute Gasteiger partial charge is 0.495 e. The molecule has 28 heavy (non-hydrogen) atoms. The summed E-state index contributed by atoms with van der Waals surface area (Å²) in [5, 5.41) is 5.85. The Morgan fingerprint density at radius 3 is 2.39 bits per heavy atom. The Kier molecular flexibility index (Phi) is 5.71. The zero-order valence-electron chi connectivity index (χ0n) is 15.0. The van der Waals surface area contributed by atoms with E-state index >= 15 is 0 Å². The van der Waals surface area contributed by atoms with Gasteiger partial charge in [0, 0.05) is 17.4 Å². The third-order valence-electron chi connectivity index (χ3n) is 3.66. The van der Waals surface area contributed by atoms with Gasteiger partial charge < -0.3 is 25.8 Å². The molecule has 3 aromatic rings. The van der Waals surface area contributed by atoms with Gasteiger partial charge in [0.2, 0.25) is 5.88 Å². The quantitative estimate of drug-likeness (QED) is 0.604. The molecule has 2 amide bonds. The number of anilines is 3. The first-order valence-electron chi connectivity index (χ1n) is 8.31. The third-order valence-corrected chi connectivity index (χ3v) is 3.66. The smallest absolute Gasteiger partial charge is 0.411 e. The second-order valence-corrected chi connectivity index (χ2v) is 5.65. The number of benzene rings is 2. The van der Waals surface area contributed by atoms with Gasteiger partial charge in [-0.3, -0.25) is 4.79 Å². The van der Waals surface area contributed by atoms with Crippen molar-refractivity contribution in [3.05, 3.63) is 72.4 Å². The van der Waals surface area contributed by atoms with Gasteiger partial charge in [-0.1, -0.05) is 30.3 Å². The highest BCUT2D eigenvalue weighted by molar-refractivity contribution is 6.03. The molecule has 0 aliphatic heterocycles. The molecule has 8 nitrogen and oxygen atoms in total. The number of carbonyl (C=O) groups excluding carboxylic acids is 2. The van der Waals surface area contributed by atoms with Crippen LogP contribution in [0.1, 0.15) is 10.5 Å². The lowest BCUT2D eigenvalue weighted by atomic mass is 10.2. The van der Waals surface area contributed by atoms with Crippen molar-refractivity contribution in [2.24, 2.45) is 5.73 Å². The van der Waals surface area contributed by atoms with Crippen LogP contribution < -0.4 is 25.8 Å². The van der Waals surface area contributed by atoms with Crippen LogP contribution in [0.15, 0.2) is 66.7 Å². The van der Waals surface area contributed by atoms with Crippen LogP contribution in [0.4, 0.5) is 21.9 Å². The highest BCUT2D eigenvalue weighted by atomic mass is 16.6. The number of carbonyl (C=O) groups is 2. The SMILES string of the molecule is COc1ccccc1Nc1cc(OC(N)=O)nc(C(=O)Nc2ccccc2)c1. The Hall–Kier alpha value is -4.07. The fourth-order valence-corrected chi connectivity index (χ4v) is 2.47. The molecular weight excluding hydrogens is 360 g/mol. The highest BCUT2D eigenvalue weighted by Gasteiger charge is 2.14. The van der Waals surface area contributed by atoms with Crippen molar-refractivity contribution in [1.82, 2.24) is 4.98 Å². The minimum atomic E-state index is -1.03. The Morgan fingerprint density at radius 2 is 1.68 bits per heavy atom. The summed E-state index contributed by atoms with van der Waals surface area (Å²) in [5.74, 6) is 0.0294. The minimum absolute atomic E-state index is 0.0417. The number of nitrogens with two attached hydrogens (primary N) is 1. The van der Waals surface area contributed by atoms with E-state index in [4.69, 9.17) is 15.2 Å². The lowest BCUT2D eigenvalue weighted by Gasteiger charge is -2.13. The maximum absolute atomic E-state index is 12.6. The number of hydrogen-bond acceptors (Lipinski definition) is 6. The first-order chi connectivity index (χ1) is 13.5. The Bertz CT molecular complexity index is 993. The standard InChI is InChI=1S/C20H18N4O4/c1-27-17-10-6-5-9-15(17)22-14-11-16(24-18(12-14)28-20(21)26)19(25)23-13-7-3-2-4-8-13/h2-12H,1H3,(H2,21,26)(H,22,24)(H,23,25). The van der Waals surface area contributed by atoms with E-state index in [-0.39, 0.29) is 11.6 Å². The van der Waals surface area contributed by atoms with Gasteiger partial charge in [0.05, 0.1) is 12.8 Å². The van der Waals surface area contributed by atoms with Gasteiger partial charge in [0.1, 0.15) is 11.4 Å². The molecule has 3 rings (SSSR count). The van der Waals surface area contributed by atoms with Crippen molar-refractivity contribution in [2.75, 3.05) is 17.7 Å². The summed E-state index contributed by atoms with van der Waals surface area (Å²) in [6, 6.07) is 19.2. The maximum Gasteiger partial charge on any atom is 0.411 e. The van der Waals surface area contributed by atoms with Crippen LogP contribution in [0.3, 0.4) is 0 Å². The number of rotatable bonds is 6. The first-order valence-corrected chi connectivity index (χ1v) is 8.31. The summed E-state index contributed by atoms with van der Waals surface area (Å²) in [4.78, 5) is 27.8. The summed E-state index contributed by atoms with van der Waals surface area (Å²) in [6.45, 7) is 0. The number of hydrogen-bond donors (Lipinski definition) is 3. The van der Waals surface area contributed by atoms with E-state index in [1.807, 2.05) is 18.2 Å². The molecule has 0 bridgehead atoms. The van der Waals surface area contributed by atoms with Crippen LogP contribution in [0.2, 0.25) is 0 Å². The molecule has 0 aliphatic rings. The summed E-state index contributed by atoms with van der Waals surface area (Å²) in [7, 11) is 1.55. The first kappa shape index (κ1) is 18.7. The molecule has 0 radical (unpaired) electrons. The molecular formula is C20H18N4O4. The van der Waals surface area contributed by atoms with E-state index in [1.165, 1.54) is 12.1 Å². The number of methoxy groups -OCH3 is 1. The minimum Gasteiger partial charge on any atom is -0.495 e. The van der Waals surface area contributed by atoms with Crippen molar-refractivity contribution in [3.8, 4) is 11.6 Å². The normalized spacial score (nSPS) is 10.0. The zero-order valence-corrected chi connectivity index (χ0v) is 15.0. The molecule has 2 aromatic carbocycles. The number of aromatic nitrogens is 1. The highest BCUT2D eigenvalue weighted by Crippen LogP contribution is 2.28. The number of pyridine rings is 1. The van der Waals surface area contributed by atoms with Gasteiger partial charge >= 0.3 is 6.09 Å². The molecule has 4 N–H and O–H groups in total. The Morgan fingerprint density at radius 1 is 0.964 bits per heavy atom. The molecule has 0 fully saturated rings. The number of ether oxygens (including phenoxy) is 2. The molecule has 0 saturated carbocycles. The van der Waals surface area contributed by atoms with Crippen LogP contribution in [-0.4, -0.2) is 24.1 Å². The Balaban J connectivity index is 1.92. The van der Waals surface area contributed by atoms with E-state index in [0.29, 0.717) is 22.8 Å². The van der Waals surface area contributed by atoms with Gasteiger partial charge in [0.15, 0.2) is 0 Å². The van der Waals surface area contributed by atoms with Crippen molar-refractivity contribution >= 4 is 29.1 Å². The van der Waals surface area contributed by atoms with Crippen LogP contribution >= 0.6 is 0 Å². The van der Waals surface area contributed by atoms with Crippen LogP contribution in [0.25, 0.3) is 0 Å². The molecule has 1 aromatic heterocycles. The summed E-state index contributed by atoms with van der Waals surface area (Å²) >= 11 is 0. The second kappa shape index (κ2) is 8.54. The molecule has 142 valence electrons. The van der Waals surface area contributed by atoms with Crippen molar-refractivity contribution in [3.63, 3.8) is 0 Å². The van der Waals surface area contributed by atoms with Gasteiger partial charge in [-0.25, -0.2) is 9.78 Å². The molecule has 8 heteroatoms. The van der Waals surface area contributed by atoms with Gasteiger partial charge in [-0.15, -0.1) is 0 Å². The van der Waals surface area contributed by atoms with Gasteiger partial charge in [0.25, 0.3) is 5.91 Å². The van der Waals surface area contributed by atoms with Crippen LogP contribution in [0.5, 0.6) is 11.6 Å². The number of amides is 2. The van der Waals surface area contributed by atoms with Crippen molar-refractivity contribution in [2.45, 2.75) is 0 Å². The van der Waals surface area contributed by atoms with E-state index in [1.54, 1.807) is 43.5 Å². The summed E-state index contributed by atoms with van der Waals surface area (Å²) in [6.07, 6.45) is -1.03. The number of nitrogens with zero attached hydrogens (tertiary/aromatic N) is 1. The molecule has 0 saturated heterocycles. The van der Waals surface area contributed by atoms with Crippen LogP contribution in [0, 0.1) is 0 Å². The predicted molar refractivity (Wildman–Crippen MR) is 105 cm³/mol. The zero-order chi connectivity index (χ0) is 19.9. The summed E-state index contributed by atoms with van der Waals surface area (Å²) in [5.41, 5.74) is 6.86. The van der Waals surface area contributed by atoms with Gasteiger partial charge in [-0.05, 0) is 30.3 Å². The average Bonchev–Trinajstić information content (AvgIpc) is 2.68. The van der Waals surface area contributed by atoms with E-state index in [9.17, 15) is 9.59 Å². The second-order valence-electron chi connectivity index (χ2n) is 5.65. The summed E-state index contributed by atoms with van der Waals surface area (Å²) < 4.78 is 10.2. The third kappa shape index (κ3) is 4.76. The number of para-hydroxylation sites is 3. The topological polar surface area (TPSA) is 116 Å². The Labute approximate surface area is 161 Å². The number of primary amides is 1. The molecule has 0 spiro atoms. The fraction of sp³-hybridized carbons (Fsp3) is 0.0500. The molecule has 0 atom stereocenters. The molecule has 0 unspecified atom stereocenters. The lowest BCUT2D eigenvalue weighted by Crippen LogP contribution is -2.19. The maximum atomic E-state index is 12.6. The molecule has 1 heterocycles. The number of nitrogens with one attached hydrogen (secondary N) is 2. The monoisotopic (exact) mass is 378 g/mol. The lowest BCUT2D eigenvalue weighted by molar-refractivity contribution is 0.102. The predicted octanol–water partition coefficient (Wildman–Crippen LogP) is 3.54. The van der Waals surface area contributed by atoms with E-state index < -0.39 is 12.0 Å². The van der Waals surface area contributed by atoms with E-state index in [2.05, 4.69) is 15.6 Å². The van der Waals surface area contributed by atoms with Crippen molar-refractivity contribution < 1.29 is 19.1 Å². The fourth-order valence-electron chi connectivity index (χ4n) is 2.47. The average molecular weight is 378 g/mol. The van der Waals surface area contributed by atoms with Gasteiger partial charge in [-0.2, -0.15) is 0 Å². The van der Waals surface area contributed by atoms with Crippen molar-refractivity contribution in [1.29, 1.82) is 0 Å². The van der Waals surface area contributed by atoms with E-state index in [0.717, 1.165) is 0 Å². The molecule has 0 aliphatic carbocycles.